The van der Waals surface area contributed by atoms with Crippen molar-refractivity contribution in [2.45, 2.75) is 19.7 Å². The maximum Gasteiger partial charge on any atom is 0.0494 e. The van der Waals surface area contributed by atoms with E-state index in [-0.39, 0.29) is 0 Å². The molecule has 1 aromatic rings. The van der Waals surface area contributed by atoms with Crippen molar-refractivity contribution >= 4 is 28.9 Å². The first kappa shape index (κ1) is 12.1. The van der Waals surface area contributed by atoms with E-state index in [0.29, 0.717) is 5.88 Å². The lowest BCUT2D eigenvalue weighted by atomic mass is 10.0. The highest BCUT2D eigenvalue weighted by atomic mass is 35.5. The fourth-order valence-corrected chi connectivity index (χ4v) is 2.66. The molecule has 1 aromatic carbocycles. The minimum atomic E-state index is 0.547. The largest absolute Gasteiger partial charge is 0.371 e. The second-order valence-electron chi connectivity index (χ2n) is 4.77. The first-order chi connectivity index (χ1) is 7.61. The van der Waals surface area contributed by atoms with Crippen molar-refractivity contribution in [3.05, 3.63) is 28.8 Å². The molecule has 0 aromatic heterocycles. The topological polar surface area (TPSA) is 3.24 Å². The van der Waals surface area contributed by atoms with Crippen LogP contribution >= 0.6 is 23.2 Å². The molecule has 0 radical (unpaired) electrons. The molecule has 0 N–H and O–H groups in total. The van der Waals surface area contributed by atoms with Crippen molar-refractivity contribution in [3.8, 4) is 0 Å². The summed E-state index contributed by atoms with van der Waals surface area (Å²) in [5, 5.41) is 0.788. The number of alkyl halides is 1. The van der Waals surface area contributed by atoms with Crippen LogP contribution in [0.25, 0.3) is 0 Å². The van der Waals surface area contributed by atoms with E-state index >= 15 is 0 Å². The first-order valence-electron chi connectivity index (χ1n) is 5.71. The zero-order chi connectivity index (χ0) is 11.7. The van der Waals surface area contributed by atoms with Gasteiger partial charge in [-0.15, -0.1) is 11.6 Å². The number of rotatable bonds is 2. The van der Waals surface area contributed by atoms with E-state index in [4.69, 9.17) is 23.2 Å². The Morgan fingerprint density at radius 2 is 1.88 bits per heavy atom. The third-order valence-electron chi connectivity index (χ3n) is 3.52. The van der Waals surface area contributed by atoms with Gasteiger partial charge in [0.1, 0.15) is 0 Å². The van der Waals surface area contributed by atoms with Gasteiger partial charge in [0.15, 0.2) is 0 Å². The quantitative estimate of drug-likeness (QED) is 0.719. The minimum Gasteiger partial charge on any atom is -0.371 e. The number of hydrogen-bond acceptors (Lipinski definition) is 1. The van der Waals surface area contributed by atoms with E-state index in [1.54, 1.807) is 0 Å². The van der Waals surface area contributed by atoms with Crippen molar-refractivity contribution in [1.82, 2.24) is 0 Å². The average Bonchev–Trinajstić information content (AvgIpc) is 2.59. The SMILES string of the molecule is CC1CN(c2cc(Cl)ccc2CCl)CC1C. The van der Waals surface area contributed by atoms with Crippen LogP contribution in [0.15, 0.2) is 18.2 Å². The second kappa shape index (κ2) is 4.85. The molecule has 1 nitrogen and oxygen atoms in total. The number of anilines is 1. The van der Waals surface area contributed by atoms with Gasteiger partial charge < -0.3 is 4.90 Å². The Hall–Kier alpha value is -0.400. The molecule has 2 atom stereocenters. The highest BCUT2D eigenvalue weighted by Crippen LogP contribution is 2.32. The normalized spacial score (nSPS) is 25.1. The minimum absolute atomic E-state index is 0.547. The molecule has 3 heteroatoms. The van der Waals surface area contributed by atoms with E-state index in [1.165, 1.54) is 11.3 Å². The highest BCUT2D eigenvalue weighted by molar-refractivity contribution is 6.31. The maximum absolute atomic E-state index is 6.06. The molecular weight excluding hydrogens is 241 g/mol. The summed E-state index contributed by atoms with van der Waals surface area (Å²) in [4.78, 5) is 2.40. The summed E-state index contributed by atoms with van der Waals surface area (Å²) >= 11 is 12.0. The molecule has 0 spiro atoms. The van der Waals surface area contributed by atoms with Gasteiger partial charge in [-0.3, -0.25) is 0 Å². The van der Waals surface area contributed by atoms with Crippen LogP contribution in [0.4, 0.5) is 5.69 Å². The van der Waals surface area contributed by atoms with E-state index < -0.39 is 0 Å². The summed E-state index contributed by atoms with van der Waals surface area (Å²) in [6.07, 6.45) is 0. The molecule has 0 aliphatic carbocycles. The molecule has 2 unspecified atom stereocenters. The van der Waals surface area contributed by atoms with Gasteiger partial charge in [-0.2, -0.15) is 0 Å². The summed E-state index contributed by atoms with van der Waals surface area (Å²) in [5.74, 6) is 2.02. The third-order valence-corrected chi connectivity index (χ3v) is 4.04. The lowest BCUT2D eigenvalue weighted by molar-refractivity contribution is 0.494. The van der Waals surface area contributed by atoms with Crippen LogP contribution in [0.5, 0.6) is 0 Å². The summed E-state index contributed by atoms with van der Waals surface area (Å²) < 4.78 is 0. The van der Waals surface area contributed by atoms with Crippen LogP contribution in [-0.2, 0) is 5.88 Å². The fourth-order valence-electron chi connectivity index (χ4n) is 2.27. The molecule has 88 valence electrons. The van der Waals surface area contributed by atoms with Crippen LogP contribution in [0, 0.1) is 11.8 Å². The zero-order valence-electron chi connectivity index (χ0n) is 9.71. The van der Waals surface area contributed by atoms with Crippen molar-refractivity contribution in [3.63, 3.8) is 0 Å². The van der Waals surface area contributed by atoms with Crippen molar-refractivity contribution in [2.24, 2.45) is 11.8 Å². The Morgan fingerprint density at radius 3 is 2.44 bits per heavy atom. The van der Waals surface area contributed by atoms with Gasteiger partial charge in [0.05, 0.1) is 0 Å². The maximum atomic E-state index is 6.06. The van der Waals surface area contributed by atoms with E-state index in [2.05, 4.69) is 18.7 Å². The van der Waals surface area contributed by atoms with Gasteiger partial charge in [0.2, 0.25) is 0 Å². The van der Waals surface area contributed by atoms with Crippen LogP contribution in [-0.4, -0.2) is 13.1 Å². The Kier molecular flexibility index (Phi) is 3.66. The molecule has 1 heterocycles. The molecule has 1 fully saturated rings. The first-order valence-corrected chi connectivity index (χ1v) is 6.62. The van der Waals surface area contributed by atoms with Crippen LogP contribution in [0.3, 0.4) is 0 Å². The monoisotopic (exact) mass is 257 g/mol. The smallest absolute Gasteiger partial charge is 0.0494 e. The summed E-state index contributed by atoms with van der Waals surface area (Å²) in [5.41, 5.74) is 2.38. The van der Waals surface area contributed by atoms with Gasteiger partial charge in [-0.05, 0) is 29.5 Å². The van der Waals surface area contributed by atoms with Gasteiger partial charge in [-0.1, -0.05) is 31.5 Å². The van der Waals surface area contributed by atoms with Crippen molar-refractivity contribution in [1.29, 1.82) is 0 Å². The van der Waals surface area contributed by atoms with Gasteiger partial charge >= 0.3 is 0 Å². The Bertz CT molecular complexity index is 368. The lowest BCUT2D eigenvalue weighted by Gasteiger charge is -2.21. The standard InChI is InChI=1S/C13H17Cl2N/c1-9-7-16(8-10(9)2)13-5-12(15)4-3-11(13)6-14/h3-5,9-10H,6-8H2,1-2H3. The van der Waals surface area contributed by atoms with E-state index in [9.17, 15) is 0 Å². The molecule has 1 aliphatic heterocycles. The van der Waals surface area contributed by atoms with Gasteiger partial charge in [-0.25, -0.2) is 0 Å². The predicted octanol–water partition coefficient (Wildman–Crippen LogP) is 4.17. The molecule has 0 amide bonds. The lowest BCUT2D eigenvalue weighted by Crippen LogP contribution is -2.20. The summed E-state index contributed by atoms with van der Waals surface area (Å²) in [7, 11) is 0. The molecule has 1 saturated heterocycles. The average molecular weight is 258 g/mol. The van der Waals surface area contributed by atoms with Gasteiger partial charge in [0, 0.05) is 29.7 Å². The number of benzene rings is 1. The van der Waals surface area contributed by atoms with Crippen LogP contribution < -0.4 is 4.90 Å². The fraction of sp³-hybridized carbons (Fsp3) is 0.538. The molecule has 1 aliphatic rings. The summed E-state index contributed by atoms with van der Waals surface area (Å²) in [6.45, 7) is 6.81. The molecular formula is C13H17Cl2N. The zero-order valence-corrected chi connectivity index (χ0v) is 11.2. The second-order valence-corrected chi connectivity index (χ2v) is 5.47. The molecule has 0 saturated carbocycles. The molecule has 2 rings (SSSR count). The van der Waals surface area contributed by atoms with E-state index in [1.807, 2.05) is 18.2 Å². The molecule has 0 bridgehead atoms. The summed E-state index contributed by atoms with van der Waals surface area (Å²) in [6, 6.07) is 5.97. The number of halogens is 2. The Balaban J connectivity index is 2.29. The molecule has 16 heavy (non-hydrogen) atoms. The third kappa shape index (κ3) is 2.31. The number of nitrogens with zero attached hydrogens (tertiary/aromatic N) is 1. The Labute approximate surface area is 107 Å². The van der Waals surface area contributed by atoms with E-state index in [0.717, 1.165) is 29.9 Å². The van der Waals surface area contributed by atoms with Crippen LogP contribution in [0.2, 0.25) is 5.02 Å². The predicted molar refractivity (Wildman–Crippen MR) is 71.6 cm³/mol. The Morgan fingerprint density at radius 1 is 1.25 bits per heavy atom. The van der Waals surface area contributed by atoms with Gasteiger partial charge in [0.25, 0.3) is 0 Å². The van der Waals surface area contributed by atoms with Crippen molar-refractivity contribution < 1.29 is 0 Å². The van der Waals surface area contributed by atoms with Crippen LogP contribution in [0.1, 0.15) is 19.4 Å². The number of hydrogen-bond donors (Lipinski definition) is 0. The highest BCUT2D eigenvalue weighted by Gasteiger charge is 2.27. The van der Waals surface area contributed by atoms with Crippen molar-refractivity contribution in [2.75, 3.05) is 18.0 Å².